The van der Waals surface area contributed by atoms with Gasteiger partial charge >= 0.3 is 6.09 Å². The number of hydrogen-bond donors (Lipinski definition) is 4. The summed E-state index contributed by atoms with van der Waals surface area (Å²) < 4.78 is 61.7. The molecule has 1 aliphatic heterocycles. The lowest BCUT2D eigenvalue weighted by molar-refractivity contribution is -0.144. The Kier molecular flexibility index (Phi) is 22.2. The molecule has 0 saturated carbocycles. The number of likely N-dealkylation sites (N-methyl/N-ethyl adjacent to an activating group) is 1. The maximum absolute atomic E-state index is 14.4. The van der Waals surface area contributed by atoms with E-state index in [1.54, 1.807) is 104 Å². The second-order valence-electron chi connectivity index (χ2n) is 22.8. The summed E-state index contributed by atoms with van der Waals surface area (Å²) in [5.41, 5.74) is 3.10. The maximum Gasteiger partial charge on any atom is 0.410 e. The molecule has 0 aliphatic carbocycles. The number of anilines is 2. The maximum atomic E-state index is 14.4. The van der Waals surface area contributed by atoms with Crippen LogP contribution >= 0.6 is 11.3 Å². The molecule has 0 unspecified atom stereocenters. The van der Waals surface area contributed by atoms with E-state index in [4.69, 9.17) is 28.4 Å². The third-order valence-electron chi connectivity index (χ3n) is 13.0. The van der Waals surface area contributed by atoms with Crippen LogP contribution < -0.4 is 26.0 Å². The van der Waals surface area contributed by atoms with Gasteiger partial charge in [0.25, 0.3) is 0 Å². The van der Waals surface area contributed by atoms with E-state index in [1.807, 2.05) is 39.0 Å². The first kappa shape index (κ1) is 63.1. The van der Waals surface area contributed by atoms with Crippen LogP contribution in [0.4, 0.5) is 16.2 Å². The van der Waals surface area contributed by atoms with Crippen molar-refractivity contribution in [3.8, 4) is 5.75 Å². The minimum Gasteiger partial charge on any atom is -0.490 e. The number of hydrogen-bond acceptors (Lipinski definition) is 17. The molecule has 23 heteroatoms. The van der Waals surface area contributed by atoms with Crippen molar-refractivity contribution in [1.29, 1.82) is 0 Å². The lowest BCUT2D eigenvalue weighted by Crippen LogP contribution is -2.60. The summed E-state index contributed by atoms with van der Waals surface area (Å²) in [5, 5.41) is 12.7. The number of carbonyl (C=O) groups is 5. The number of rotatable bonds is 26. The van der Waals surface area contributed by atoms with Gasteiger partial charge in [-0.05, 0) is 103 Å². The molecule has 5 rings (SSSR count). The van der Waals surface area contributed by atoms with Crippen LogP contribution in [-0.4, -0.2) is 172 Å². The Morgan fingerprint density at radius 2 is 1.42 bits per heavy atom. The molecule has 1 saturated heterocycles. The minimum atomic E-state index is -3.84. The molecule has 2 aromatic heterocycles. The molecule has 78 heavy (non-hydrogen) atoms. The first-order valence-corrected chi connectivity index (χ1v) is 28.7. The van der Waals surface area contributed by atoms with Crippen LogP contribution in [0.25, 0.3) is 21.1 Å². The number of sulfone groups is 1. The topological polar surface area (TPSA) is 255 Å². The van der Waals surface area contributed by atoms with Crippen LogP contribution in [0.1, 0.15) is 96.4 Å². The molecule has 0 spiro atoms. The van der Waals surface area contributed by atoms with Gasteiger partial charge in [-0.25, -0.2) is 18.2 Å². The van der Waals surface area contributed by atoms with E-state index in [2.05, 4.69) is 31.2 Å². The van der Waals surface area contributed by atoms with Crippen LogP contribution in [0, 0.1) is 11.3 Å². The SMILES string of the molecule is CC(C)[C@@H](C)NC(=O)[C@@H]1C[C@H](NC(=O)COCCOCCOCCOCCOc2cc3nccc(Nc4ccc5scnc5c4)c3cc2S(=O)(=O)C(C)(C)C)CN1C(=O)[C@@H](NC(=O)[C@H](C)N(C)C(=O)OC(C)(C)C)C(C)(C)C. The highest BCUT2D eigenvalue weighted by atomic mass is 32.2. The molecule has 2 aromatic carbocycles. The van der Waals surface area contributed by atoms with Crippen molar-refractivity contribution in [1.82, 2.24) is 35.7 Å². The predicted octanol–water partition coefficient (Wildman–Crippen LogP) is 6.64. The zero-order valence-electron chi connectivity index (χ0n) is 47.8. The van der Waals surface area contributed by atoms with Crippen molar-refractivity contribution in [2.24, 2.45) is 11.3 Å². The number of fused-ring (bicyclic) bond motifs is 2. The van der Waals surface area contributed by atoms with Crippen LogP contribution in [0.5, 0.6) is 5.75 Å². The fraction of sp³-hybridized carbons (Fsp3) is 0.618. The quantitative estimate of drug-likeness (QED) is 0.0481. The zero-order chi connectivity index (χ0) is 57.8. The van der Waals surface area contributed by atoms with Gasteiger partial charge in [0.15, 0.2) is 9.84 Å². The van der Waals surface area contributed by atoms with E-state index >= 15 is 0 Å². The summed E-state index contributed by atoms with van der Waals surface area (Å²) in [4.78, 5) is 79.2. The lowest BCUT2D eigenvalue weighted by atomic mass is 9.85. The van der Waals surface area contributed by atoms with Crippen molar-refractivity contribution >= 4 is 83.4 Å². The van der Waals surface area contributed by atoms with E-state index in [1.165, 1.54) is 18.9 Å². The molecule has 5 amide bonds. The highest BCUT2D eigenvalue weighted by Gasteiger charge is 2.46. The highest BCUT2D eigenvalue weighted by molar-refractivity contribution is 7.92. The molecule has 1 fully saturated rings. The second-order valence-corrected chi connectivity index (χ2v) is 26.4. The van der Waals surface area contributed by atoms with Gasteiger partial charge in [0.2, 0.25) is 23.6 Å². The first-order valence-electron chi connectivity index (χ1n) is 26.4. The molecule has 3 heterocycles. The summed E-state index contributed by atoms with van der Waals surface area (Å²) >= 11 is 1.55. The van der Waals surface area contributed by atoms with Gasteiger partial charge in [-0.2, -0.15) is 0 Å². The van der Waals surface area contributed by atoms with Crippen molar-refractivity contribution in [2.75, 3.05) is 78.4 Å². The van der Waals surface area contributed by atoms with Crippen molar-refractivity contribution in [2.45, 2.75) is 142 Å². The minimum absolute atomic E-state index is 0.0116. The fourth-order valence-corrected chi connectivity index (χ4v) is 9.95. The number of nitrogens with zero attached hydrogens (tertiary/aromatic N) is 4. The third kappa shape index (κ3) is 17.6. The van der Waals surface area contributed by atoms with Crippen molar-refractivity contribution in [3.05, 3.63) is 48.1 Å². The summed E-state index contributed by atoms with van der Waals surface area (Å²) in [6.45, 7) is 24.2. The molecule has 4 N–H and O–H groups in total. The number of benzene rings is 2. The molecular formula is C55H82N8O13S2. The Bertz CT molecular complexity index is 2810. The summed E-state index contributed by atoms with van der Waals surface area (Å²) in [7, 11) is -2.40. The molecule has 0 radical (unpaired) electrons. The van der Waals surface area contributed by atoms with Gasteiger partial charge in [-0.15, -0.1) is 11.3 Å². The molecule has 432 valence electrons. The van der Waals surface area contributed by atoms with E-state index in [-0.39, 0.29) is 101 Å². The van der Waals surface area contributed by atoms with Gasteiger partial charge < -0.3 is 54.6 Å². The molecule has 21 nitrogen and oxygen atoms in total. The molecule has 0 bridgehead atoms. The first-order chi connectivity index (χ1) is 36.5. The number of thiazole rings is 1. The second kappa shape index (κ2) is 27.4. The van der Waals surface area contributed by atoms with Gasteiger partial charge in [0, 0.05) is 54.7 Å². The number of aromatic nitrogens is 2. The molecule has 1 aliphatic rings. The number of nitrogens with one attached hydrogen (secondary N) is 4. The number of pyridine rings is 1. The summed E-state index contributed by atoms with van der Waals surface area (Å²) in [5.74, 6) is -1.59. The van der Waals surface area contributed by atoms with Crippen molar-refractivity contribution in [3.63, 3.8) is 0 Å². The normalized spacial score (nSPS) is 16.4. The monoisotopic (exact) mass is 1130 g/mol. The van der Waals surface area contributed by atoms with Crippen LogP contribution in [-0.2, 0) is 52.7 Å². The molecule has 5 atom stereocenters. The predicted molar refractivity (Wildman–Crippen MR) is 300 cm³/mol. The summed E-state index contributed by atoms with van der Waals surface area (Å²) in [6.07, 6.45) is 1.09. The van der Waals surface area contributed by atoms with Crippen LogP contribution in [0.2, 0.25) is 0 Å². The van der Waals surface area contributed by atoms with Crippen molar-refractivity contribution < 1.29 is 60.8 Å². The van der Waals surface area contributed by atoms with E-state index < -0.39 is 73.6 Å². The lowest BCUT2D eigenvalue weighted by Gasteiger charge is -2.37. The number of likely N-dealkylation sites (tertiary alicyclic amines) is 1. The highest BCUT2D eigenvalue weighted by Crippen LogP contribution is 2.38. The fourth-order valence-electron chi connectivity index (χ4n) is 7.98. The Morgan fingerprint density at radius 3 is 2.03 bits per heavy atom. The van der Waals surface area contributed by atoms with Crippen LogP contribution in [0.3, 0.4) is 0 Å². The van der Waals surface area contributed by atoms with Gasteiger partial charge in [0.05, 0.1) is 72.2 Å². The molecule has 4 aromatic rings. The average molecular weight is 1130 g/mol. The Balaban J connectivity index is 1.03. The van der Waals surface area contributed by atoms with E-state index in [0.29, 0.717) is 16.6 Å². The largest absolute Gasteiger partial charge is 0.490 e. The average Bonchev–Trinajstić information content (AvgIpc) is 4.12. The smallest absolute Gasteiger partial charge is 0.410 e. The Morgan fingerprint density at radius 1 is 0.795 bits per heavy atom. The molecular weight excluding hydrogens is 1040 g/mol. The summed E-state index contributed by atoms with van der Waals surface area (Å²) in [6, 6.07) is 7.13. The standard InChI is InChI=1S/C55H82N8O13S2/c1-34(2)35(3)58-50(66)43-28-38(31-63(43)51(67)48(53(5,6)7)61-49(65)36(4)62(14)52(68)76-54(8,9)10)60-47(64)32-74-24-23-72-20-19-71-21-22-73-25-26-75-44-30-41-39(29-46(44)78(69,70)55(11,12)13)40(17-18-56-41)59-37-15-16-45-42(27-37)57-33-77-45/h15-18,27,29-30,33-36,38,43,48H,19-26,28,31-32H2,1-14H3,(H,56,59)(H,58,66)(H,60,64)(H,61,65)/t35-,36+,38+,43+,48-/m1/s1. The number of carbonyl (C=O) groups excluding carboxylic acids is 5. The Labute approximate surface area is 463 Å². The van der Waals surface area contributed by atoms with E-state index in [9.17, 15) is 32.4 Å². The number of ether oxygens (including phenoxy) is 6. The van der Waals surface area contributed by atoms with E-state index in [0.717, 1.165) is 20.8 Å². The third-order valence-corrected chi connectivity index (χ3v) is 16.3. The van der Waals surface area contributed by atoms with Gasteiger partial charge in [-0.1, -0.05) is 34.6 Å². The Hall–Kier alpha value is -5.72. The van der Waals surface area contributed by atoms with Gasteiger partial charge in [0.1, 0.15) is 47.6 Å². The number of amides is 5. The van der Waals surface area contributed by atoms with Gasteiger partial charge in [-0.3, -0.25) is 29.1 Å². The zero-order valence-corrected chi connectivity index (χ0v) is 49.4. The van der Waals surface area contributed by atoms with Crippen LogP contribution in [0.15, 0.2) is 53.0 Å².